The predicted molar refractivity (Wildman–Crippen MR) is 143 cm³/mol. The van der Waals surface area contributed by atoms with Crippen LogP contribution in [0.2, 0.25) is 0 Å². The Kier molecular flexibility index (Phi) is 5.21. The first kappa shape index (κ1) is 22.9. The number of hydrogen-bond donors (Lipinski definition) is 1. The molecule has 1 saturated heterocycles. The lowest BCUT2D eigenvalue weighted by atomic mass is 9.85. The van der Waals surface area contributed by atoms with Crippen LogP contribution in [0.3, 0.4) is 0 Å². The van der Waals surface area contributed by atoms with Crippen LogP contribution in [0, 0.1) is 0 Å². The molecule has 2 atom stereocenters. The fraction of sp³-hybridized carbons (Fsp3) is 0.290. The van der Waals surface area contributed by atoms with E-state index in [1.165, 1.54) is 5.56 Å². The van der Waals surface area contributed by atoms with Crippen molar-refractivity contribution < 1.29 is 19.1 Å². The molecular weight excluding hydrogens is 478 g/mol. The normalized spacial score (nSPS) is 20.3. The number of nitrogens with zero attached hydrogens (tertiary/aromatic N) is 2. The number of rotatable bonds is 4. The summed E-state index contributed by atoms with van der Waals surface area (Å²) in [6.45, 7) is 4.93. The molecule has 0 unspecified atom stereocenters. The number of aromatic nitrogens is 1. The molecule has 1 fully saturated rings. The molecule has 4 heterocycles. The molecule has 0 spiro atoms. The van der Waals surface area contributed by atoms with Gasteiger partial charge < -0.3 is 24.3 Å². The average Bonchev–Trinajstić information content (AvgIpc) is 3.54. The Morgan fingerprint density at radius 1 is 0.974 bits per heavy atom. The maximum atomic E-state index is 14.0. The number of para-hydroxylation sites is 1. The monoisotopic (exact) mass is 507 g/mol. The van der Waals surface area contributed by atoms with E-state index >= 15 is 0 Å². The molecule has 38 heavy (non-hydrogen) atoms. The fourth-order valence-corrected chi connectivity index (χ4v) is 6.13. The average molecular weight is 508 g/mol. The van der Waals surface area contributed by atoms with E-state index in [0.717, 1.165) is 33.3 Å². The Balaban J connectivity index is 1.28. The van der Waals surface area contributed by atoms with E-state index in [0.29, 0.717) is 30.4 Å². The Hall–Kier alpha value is -4.26. The van der Waals surface area contributed by atoms with Crippen molar-refractivity contribution in [2.75, 3.05) is 13.3 Å². The van der Waals surface area contributed by atoms with E-state index < -0.39 is 6.04 Å². The second-order valence-corrected chi connectivity index (χ2v) is 10.7. The highest BCUT2D eigenvalue weighted by Crippen LogP contribution is 2.43. The maximum Gasteiger partial charge on any atom is 0.246 e. The van der Waals surface area contributed by atoms with Gasteiger partial charge in [0.2, 0.25) is 18.6 Å². The number of H-pyrrole nitrogens is 1. The summed E-state index contributed by atoms with van der Waals surface area (Å²) in [4.78, 5) is 34.9. The zero-order chi connectivity index (χ0) is 26.0. The van der Waals surface area contributed by atoms with E-state index in [9.17, 15) is 9.59 Å². The van der Waals surface area contributed by atoms with Crippen molar-refractivity contribution in [2.24, 2.45) is 0 Å². The Labute approximate surface area is 221 Å². The molecule has 0 bridgehead atoms. The van der Waals surface area contributed by atoms with Gasteiger partial charge in [0.1, 0.15) is 12.6 Å². The molecule has 7 nitrogen and oxygen atoms in total. The number of amides is 2. The number of piperazine rings is 1. The minimum Gasteiger partial charge on any atom is -0.454 e. The van der Waals surface area contributed by atoms with Gasteiger partial charge in [0, 0.05) is 29.6 Å². The van der Waals surface area contributed by atoms with Crippen LogP contribution in [-0.4, -0.2) is 46.0 Å². The molecule has 2 amide bonds. The minimum atomic E-state index is -0.563. The van der Waals surface area contributed by atoms with Gasteiger partial charge in [-0.3, -0.25) is 9.59 Å². The van der Waals surface area contributed by atoms with Gasteiger partial charge in [0.05, 0.1) is 6.04 Å². The minimum absolute atomic E-state index is 0.0259. The highest BCUT2D eigenvalue weighted by molar-refractivity contribution is 5.97. The van der Waals surface area contributed by atoms with Gasteiger partial charge in [-0.15, -0.1) is 0 Å². The number of hydrogen-bond acceptors (Lipinski definition) is 4. The maximum absolute atomic E-state index is 14.0. The van der Waals surface area contributed by atoms with Gasteiger partial charge in [0.15, 0.2) is 11.5 Å². The zero-order valence-corrected chi connectivity index (χ0v) is 21.4. The van der Waals surface area contributed by atoms with Crippen molar-refractivity contribution in [3.63, 3.8) is 0 Å². The lowest BCUT2D eigenvalue weighted by Gasteiger charge is -2.47. The number of ether oxygens (including phenoxy) is 2. The van der Waals surface area contributed by atoms with Gasteiger partial charge in [-0.1, -0.05) is 62.4 Å². The first-order chi connectivity index (χ1) is 18.5. The zero-order valence-electron chi connectivity index (χ0n) is 21.4. The number of carbonyl (C=O) groups excluding carboxylic acids is 2. The summed E-state index contributed by atoms with van der Waals surface area (Å²) < 4.78 is 10.9. The third kappa shape index (κ3) is 3.56. The van der Waals surface area contributed by atoms with Gasteiger partial charge >= 0.3 is 0 Å². The number of carbonyl (C=O) groups is 2. The van der Waals surface area contributed by atoms with Crippen LogP contribution in [0.15, 0.2) is 66.7 Å². The lowest BCUT2D eigenvalue weighted by Crippen LogP contribution is -2.62. The van der Waals surface area contributed by atoms with Crippen LogP contribution in [0.1, 0.15) is 53.8 Å². The summed E-state index contributed by atoms with van der Waals surface area (Å²) in [7, 11) is 0. The van der Waals surface area contributed by atoms with Crippen LogP contribution >= 0.6 is 0 Å². The van der Waals surface area contributed by atoms with Crippen LogP contribution in [0.4, 0.5) is 0 Å². The summed E-state index contributed by atoms with van der Waals surface area (Å²) >= 11 is 0. The SMILES string of the molecule is CC(C)c1ccc([C@H]2c3[nH]c4ccccc4c3C[C@H]3C(=O)N(Cc4ccc5c(c4)OCO5)CC(=O)N23)cc1. The van der Waals surface area contributed by atoms with Crippen molar-refractivity contribution in [1.29, 1.82) is 0 Å². The van der Waals surface area contributed by atoms with E-state index in [2.05, 4.69) is 55.2 Å². The van der Waals surface area contributed by atoms with Crippen molar-refractivity contribution in [3.8, 4) is 11.5 Å². The highest BCUT2D eigenvalue weighted by atomic mass is 16.7. The standard InChI is InChI=1S/C31H29N3O4/c1-18(2)20-8-10-21(11-9-20)30-29-23(22-5-3-4-6-24(22)32-29)14-25-31(36)33(16-28(35)34(25)30)15-19-7-12-26-27(13-19)38-17-37-26/h3-13,18,25,30,32H,14-17H2,1-2H3/t25-,30-/m0/s1. The fourth-order valence-electron chi connectivity index (χ4n) is 6.13. The lowest BCUT2D eigenvalue weighted by molar-refractivity contribution is -0.159. The molecule has 7 heteroatoms. The van der Waals surface area contributed by atoms with Crippen LogP contribution in [-0.2, 0) is 22.6 Å². The molecule has 0 aliphatic carbocycles. The van der Waals surface area contributed by atoms with Crippen molar-refractivity contribution in [2.45, 2.75) is 44.8 Å². The van der Waals surface area contributed by atoms with Crippen molar-refractivity contribution in [3.05, 3.63) is 94.7 Å². The Morgan fingerprint density at radius 3 is 2.58 bits per heavy atom. The van der Waals surface area contributed by atoms with Gasteiger partial charge in [-0.25, -0.2) is 0 Å². The molecule has 192 valence electrons. The summed E-state index contributed by atoms with van der Waals surface area (Å²) in [5.41, 5.74) is 6.31. The molecule has 7 rings (SSSR count). The molecule has 0 radical (unpaired) electrons. The van der Waals surface area contributed by atoms with Crippen LogP contribution in [0.5, 0.6) is 11.5 Å². The first-order valence-corrected chi connectivity index (χ1v) is 13.2. The molecule has 1 N–H and O–H groups in total. The number of nitrogens with one attached hydrogen (secondary N) is 1. The van der Waals surface area contributed by atoms with Gasteiger partial charge in [-0.2, -0.15) is 0 Å². The molecular formula is C31H29N3O4. The topological polar surface area (TPSA) is 74.9 Å². The quantitative estimate of drug-likeness (QED) is 0.426. The second-order valence-electron chi connectivity index (χ2n) is 10.7. The van der Waals surface area contributed by atoms with E-state index in [-0.39, 0.29) is 31.2 Å². The summed E-state index contributed by atoms with van der Waals surface area (Å²) in [6, 6.07) is 21.4. The number of fused-ring (bicyclic) bond motifs is 5. The highest BCUT2D eigenvalue weighted by Gasteiger charge is 2.48. The number of benzene rings is 3. The van der Waals surface area contributed by atoms with E-state index in [4.69, 9.17) is 9.47 Å². The van der Waals surface area contributed by atoms with Gasteiger partial charge in [-0.05, 0) is 46.4 Å². The summed E-state index contributed by atoms with van der Waals surface area (Å²) in [5, 5.41) is 1.11. The largest absolute Gasteiger partial charge is 0.454 e. The number of aromatic amines is 1. The van der Waals surface area contributed by atoms with Crippen molar-refractivity contribution >= 4 is 22.7 Å². The smallest absolute Gasteiger partial charge is 0.246 e. The van der Waals surface area contributed by atoms with Crippen LogP contribution in [0.25, 0.3) is 10.9 Å². The van der Waals surface area contributed by atoms with Crippen molar-refractivity contribution in [1.82, 2.24) is 14.8 Å². The molecule has 3 aromatic carbocycles. The molecule has 1 aromatic heterocycles. The third-order valence-corrected chi connectivity index (χ3v) is 8.07. The molecule has 3 aliphatic rings. The van der Waals surface area contributed by atoms with E-state index in [1.54, 1.807) is 4.90 Å². The first-order valence-electron chi connectivity index (χ1n) is 13.2. The summed E-state index contributed by atoms with van der Waals surface area (Å²) in [5.74, 6) is 1.71. The Bertz CT molecular complexity index is 1570. The summed E-state index contributed by atoms with van der Waals surface area (Å²) in [6.07, 6.45) is 0.488. The van der Waals surface area contributed by atoms with E-state index in [1.807, 2.05) is 35.2 Å². The van der Waals surface area contributed by atoms with Crippen LogP contribution < -0.4 is 9.47 Å². The molecule has 0 saturated carbocycles. The molecule has 3 aliphatic heterocycles. The predicted octanol–water partition coefficient (Wildman–Crippen LogP) is 4.91. The second kappa shape index (κ2) is 8.65. The Morgan fingerprint density at radius 2 is 1.76 bits per heavy atom. The third-order valence-electron chi connectivity index (χ3n) is 8.07. The van der Waals surface area contributed by atoms with Gasteiger partial charge in [0.25, 0.3) is 0 Å². The molecule has 4 aromatic rings.